The molecule has 0 atom stereocenters. The van der Waals surface area contributed by atoms with Crippen LogP contribution in [0.5, 0.6) is 11.5 Å². The molecule has 2 aromatic rings. The molecule has 0 aliphatic heterocycles. The molecule has 0 saturated carbocycles. The van der Waals surface area contributed by atoms with Gasteiger partial charge in [-0.3, -0.25) is 0 Å². The third kappa shape index (κ3) is 5.33. The summed E-state index contributed by atoms with van der Waals surface area (Å²) >= 11 is 0. The van der Waals surface area contributed by atoms with Gasteiger partial charge in [-0.1, -0.05) is 49.8 Å². The van der Waals surface area contributed by atoms with E-state index in [4.69, 9.17) is 9.47 Å². The van der Waals surface area contributed by atoms with Crippen LogP contribution in [0.2, 0.25) is 19.6 Å². The smallest absolute Gasteiger partial charge is 0.129 e. The van der Waals surface area contributed by atoms with Gasteiger partial charge in [0, 0.05) is 5.57 Å². The topological polar surface area (TPSA) is 18.5 Å². The Hall–Kier alpha value is -2.44. The van der Waals surface area contributed by atoms with Gasteiger partial charge >= 0.3 is 0 Å². The summed E-state index contributed by atoms with van der Waals surface area (Å²) in [6, 6.07) is 16.0. The van der Waals surface area contributed by atoms with Crippen molar-refractivity contribution in [2.45, 2.75) is 19.6 Å². The van der Waals surface area contributed by atoms with E-state index in [2.05, 4.69) is 37.2 Å². The van der Waals surface area contributed by atoms with E-state index in [1.54, 1.807) is 14.2 Å². The van der Waals surface area contributed by atoms with Gasteiger partial charge in [-0.15, -0.1) is 5.54 Å². The van der Waals surface area contributed by atoms with Gasteiger partial charge in [0.05, 0.1) is 14.2 Å². The van der Waals surface area contributed by atoms with Gasteiger partial charge in [0.2, 0.25) is 0 Å². The van der Waals surface area contributed by atoms with Crippen LogP contribution >= 0.6 is 0 Å². The van der Waals surface area contributed by atoms with Crippen molar-refractivity contribution in [3.05, 3.63) is 59.7 Å². The summed E-state index contributed by atoms with van der Waals surface area (Å²) in [7, 11) is 1.90. The molecule has 0 bridgehead atoms. The van der Waals surface area contributed by atoms with E-state index < -0.39 is 8.07 Å². The number of ether oxygens (including phenoxy) is 2. The zero-order valence-electron chi connectivity index (χ0n) is 15.0. The molecule has 0 fully saturated rings. The summed E-state index contributed by atoms with van der Waals surface area (Å²) in [6.45, 7) is 6.75. The van der Waals surface area contributed by atoms with Crippen LogP contribution in [-0.4, -0.2) is 22.3 Å². The summed E-state index contributed by atoms with van der Waals surface area (Å²) in [6.07, 6.45) is 2.12. The molecule has 0 spiro atoms. The highest BCUT2D eigenvalue weighted by Gasteiger charge is 2.08. The molecule has 2 nitrogen and oxygen atoms in total. The van der Waals surface area contributed by atoms with Crippen molar-refractivity contribution >= 4 is 19.7 Å². The van der Waals surface area contributed by atoms with Crippen LogP contribution in [0.3, 0.4) is 0 Å². The number of hydrogen-bond acceptors (Lipinski definition) is 2. The van der Waals surface area contributed by atoms with Gasteiger partial charge < -0.3 is 9.47 Å². The van der Waals surface area contributed by atoms with Crippen LogP contribution in [0.25, 0.3) is 11.6 Å². The van der Waals surface area contributed by atoms with Gasteiger partial charge in [-0.2, -0.15) is 0 Å². The fraction of sp³-hybridized carbons (Fsp3) is 0.238. The summed E-state index contributed by atoms with van der Waals surface area (Å²) in [5, 5.41) is 0. The second kappa shape index (κ2) is 7.90. The van der Waals surface area contributed by atoms with E-state index in [0.717, 1.165) is 28.2 Å². The Kier molecular flexibility index (Phi) is 5.89. The van der Waals surface area contributed by atoms with Crippen LogP contribution in [-0.2, 0) is 0 Å². The van der Waals surface area contributed by atoms with E-state index in [1.807, 2.05) is 48.5 Å². The fourth-order valence-corrected chi connectivity index (χ4v) is 2.59. The molecule has 124 valence electrons. The van der Waals surface area contributed by atoms with Gasteiger partial charge in [0.25, 0.3) is 0 Å². The normalized spacial score (nSPS) is 11.5. The first kappa shape index (κ1) is 17.9. The molecule has 0 heterocycles. The lowest BCUT2D eigenvalue weighted by Crippen LogP contribution is -2.16. The largest absolute Gasteiger partial charge is 0.497 e. The molecule has 0 unspecified atom stereocenters. The van der Waals surface area contributed by atoms with Gasteiger partial charge in [-0.05, 0) is 41.5 Å². The van der Waals surface area contributed by atoms with E-state index in [0.29, 0.717) is 0 Å². The van der Waals surface area contributed by atoms with E-state index >= 15 is 0 Å². The molecule has 0 amide bonds. The zero-order valence-corrected chi connectivity index (χ0v) is 16.0. The molecule has 0 aliphatic carbocycles. The van der Waals surface area contributed by atoms with Crippen molar-refractivity contribution in [3.63, 3.8) is 0 Å². The minimum atomic E-state index is -1.45. The summed E-state index contributed by atoms with van der Waals surface area (Å²) in [4.78, 5) is 0. The Morgan fingerprint density at radius 3 is 1.79 bits per heavy atom. The quantitative estimate of drug-likeness (QED) is 0.438. The molecule has 0 aromatic heterocycles. The first-order chi connectivity index (χ1) is 11.4. The highest BCUT2D eigenvalue weighted by molar-refractivity contribution is 6.84. The van der Waals surface area contributed by atoms with E-state index in [-0.39, 0.29) is 0 Å². The van der Waals surface area contributed by atoms with Crippen molar-refractivity contribution in [2.75, 3.05) is 14.2 Å². The number of allylic oxidation sites excluding steroid dienone is 1. The first-order valence-corrected chi connectivity index (χ1v) is 11.4. The van der Waals surface area contributed by atoms with E-state index in [1.165, 1.54) is 0 Å². The lowest BCUT2D eigenvalue weighted by Gasteiger charge is -2.07. The lowest BCUT2D eigenvalue weighted by atomic mass is 10.0. The highest BCUT2D eigenvalue weighted by atomic mass is 28.3. The molecule has 0 aliphatic rings. The molecular formula is C21H24O2Si. The minimum absolute atomic E-state index is 0.848. The first-order valence-electron chi connectivity index (χ1n) is 7.94. The second-order valence-corrected chi connectivity index (χ2v) is 11.3. The average molecular weight is 337 g/mol. The molecule has 2 rings (SSSR count). The maximum absolute atomic E-state index is 5.24. The van der Waals surface area contributed by atoms with Gasteiger partial charge in [0.1, 0.15) is 19.6 Å². The molecule has 0 saturated heterocycles. The third-order valence-corrected chi connectivity index (χ3v) is 4.27. The van der Waals surface area contributed by atoms with Crippen LogP contribution in [0.1, 0.15) is 11.1 Å². The summed E-state index contributed by atoms with van der Waals surface area (Å²) in [5.74, 6) is 5.09. The van der Waals surface area contributed by atoms with Crippen LogP contribution in [0.15, 0.2) is 48.5 Å². The van der Waals surface area contributed by atoms with Gasteiger partial charge in [0.15, 0.2) is 0 Å². The van der Waals surface area contributed by atoms with Crippen molar-refractivity contribution in [2.24, 2.45) is 0 Å². The SMILES string of the molecule is COc1ccc(/C=C(\C#C[Si](C)(C)C)c2ccc(OC)cc2)cc1. The Bertz CT molecular complexity index is 755. The third-order valence-electron chi connectivity index (χ3n) is 3.40. The number of rotatable bonds is 4. The maximum Gasteiger partial charge on any atom is 0.129 e. The second-order valence-electron chi connectivity index (χ2n) is 6.56. The predicted molar refractivity (Wildman–Crippen MR) is 105 cm³/mol. The summed E-state index contributed by atoms with van der Waals surface area (Å²) in [5.41, 5.74) is 6.67. The standard InChI is InChI=1S/C21H24O2Si/c1-22-20-10-6-17(7-11-20)16-19(14-15-24(3,4)5)18-8-12-21(23-2)13-9-18/h6-13,16H,1-5H3/b19-16+. The fourth-order valence-electron chi connectivity index (χ4n) is 2.08. The zero-order chi connectivity index (χ0) is 17.6. The molecule has 0 radical (unpaired) electrons. The molecule has 3 heteroatoms. The van der Waals surface area contributed by atoms with Crippen molar-refractivity contribution in [1.82, 2.24) is 0 Å². The van der Waals surface area contributed by atoms with Crippen molar-refractivity contribution in [3.8, 4) is 23.0 Å². The Morgan fingerprint density at radius 2 is 1.33 bits per heavy atom. The summed E-state index contributed by atoms with van der Waals surface area (Å²) < 4.78 is 10.5. The monoisotopic (exact) mass is 336 g/mol. The van der Waals surface area contributed by atoms with E-state index in [9.17, 15) is 0 Å². The predicted octanol–water partition coefficient (Wildman–Crippen LogP) is 5.13. The number of methoxy groups -OCH3 is 2. The molecule has 24 heavy (non-hydrogen) atoms. The Labute approximate surface area is 146 Å². The van der Waals surface area contributed by atoms with Crippen LogP contribution in [0, 0.1) is 11.5 Å². The Morgan fingerprint density at radius 1 is 0.833 bits per heavy atom. The minimum Gasteiger partial charge on any atom is -0.497 e. The highest BCUT2D eigenvalue weighted by Crippen LogP contribution is 2.22. The average Bonchev–Trinajstić information content (AvgIpc) is 2.58. The maximum atomic E-state index is 5.24. The Balaban J connectivity index is 2.43. The van der Waals surface area contributed by atoms with Crippen molar-refractivity contribution < 1.29 is 9.47 Å². The van der Waals surface area contributed by atoms with Crippen molar-refractivity contribution in [1.29, 1.82) is 0 Å². The van der Waals surface area contributed by atoms with Crippen LogP contribution in [0.4, 0.5) is 0 Å². The molecular weight excluding hydrogens is 312 g/mol. The molecule has 0 N–H and O–H groups in total. The molecule has 2 aromatic carbocycles. The number of benzene rings is 2. The lowest BCUT2D eigenvalue weighted by molar-refractivity contribution is 0.414. The van der Waals surface area contributed by atoms with Crippen LogP contribution < -0.4 is 9.47 Å². The number of hydrogen-bond donors (Lipinski definition) is 0. The van der Waals surface area contributed by atoms with Gasteiger partial charge in [-0.25, -0.2) is 0 Å².